The minimum atomic E-state index is -0.257. The van der Waals surface area contributed by atoms with Crippen LogP contribution in [-0.4, -0.2) is 21.5 Å². The normalized spacial score (nSPS) is 11.4. The summed E-state index contributed by atoms with van der Waals surface area (Å²) < 4.78 is 1.44. The first-order valence-electron chi connectivity index (χ1n) is 12.0. The van der Waals surface area contributed by atoms with Crippen molar-refractivity contribution in [1.29, 1.82) is 0 Å². The summed E-state index contributed by atoms with van der Waals surface area (Å²) in [5.41, 5.74) is 7.03. The molecule has 0 saturated carbocycles. The van der Waals surface area contributed by atoms with Crippen molar-refractivity contribution in [2.24, 2.45) is 4.99 Å². The number of amides is 1. The molecule has 36 heavy (non-hydrogen) atoms. The lowest BCUT2D eigenvalue weighted by atomic mass is 10.0. The van der Waals surface area contributed by atoms with E-state index in [1.165, 1.54) is 10.2 Å². The van der Waals surface area contributed by atoms with E-state index in [0.717, 1.165) is 40.1 Å². The van der Waals surface area contributed by atoms with Gasteiger partial charge in [0.1, 0.15) is 5.84 Å². The first kappa shape index (κ1) is 24.8. The van der Waals surface area contributed by atoms with Crippen LogP contribution in [0.5, 0.6) is 0 Å². The molecule has 1 heterocycles. The smallest absolute Gasteiger partial charge is 0.267 e. The van der Waals surface area contributed by atoms with E-state index >= 15 is 0 Å². The third-order valence-corrected chi connectivity index (χ3v) is 6.07. The van der Waals surface area contributed by atoms with Crippen LogP contribution < -0.4 is 10.9 Å². The maximum atomic E-state index is 12.9. The summed E-state index contributed by atoms with van der Waals surface area (Å²) in [4.78, 5) is 30.0. The number of para-hydroxylation sites is 1. The van der Waals surface area contributed by atoms with Gasteiger partial charge in [-0.05, 0) is 79.8 Å². The molecule has 0 bridgehead atoms. The maximum Gasteiger partial charge on any atom is 0.267 e. The molecule has 4 rings (SSSR count). The number of amidine groups is 1. The quantitative estimate of drug-likeness (QED) is 0.289. The number of carbonyl (C=O) groups is 1. The minimum Gasteiger partial charge on any atom is -0.310 e. The van der Waals surface area contributed by atoms with Crippen molar-refractivity contribution < 1.29 is 4.79 Å². The van der Waals surface area contributed by atoms with Gasteiger partial charge < -0.3 is 5.32 Å². The molecule has 0 atom stereocenters. The van der Waals surface area contributed by atoms with Crippen molar-refractivity contribution in [3.05, 3.63) is 117 Å². The van der Waals surface area contributed by atoms with E-state index in [0.29, 0.717) is 11.4 Å². The molecule has 0 saturated heterocycles. The largest absolute Gasteiger partial charge is 0.310 e. The zero-order chi connectivity index (χ0) is 25.7. The molecule has 6 nitrogen and oxygen atoms in total. The van der Waals surface area contributed by atoms with Gasteiger partial charge in [-0.15, -0.1) is 0 Å². The van der Waals surface area contributed by atoms with Crippen molar-refractivity contribution in [3.63, 3.8) is 0 Å². The maximum absolute atomic E-state index is 12.9. The Hall–Kier alpha value is -4.32. The SMILES string of the molecule is CCc1ccc(C)c(-c2ccc(=O)n(Cc3cccc(C(=O)NC(C)=Nc4ccccc4C)c3)n2)c1. The number of aliphatic imine (C=N–C) groups is 1. The van der Waals surface area contributed by atoms with E-state index in [4.69, 9.17) is 0 Å². The third-order valence-electron chi connectivity index (χ3n) is 6.07. The molecule has 4 aromatic rings. The summed E-state index contributed by atoms with van der Waals surface area (Å²) in [7, 11) is 0. The summed E-state index contributed by atoms with van der Waals surface area (Å²) in [6, 6.07) is 24.6. The lowest BCUT2D eigenvalue weighted by molar-refractivity contribution is 0.0976. The Morgan fingerprint density at radius 3 is 2.50 bits per heavy atom. The Balaban J connectivity index is 1.55. The average molecular weight is 479 g/mol. The number of aromatic nitrogens is 2. The Bertz CT molecular complexity index is 1500. The topological polar surface area (TPSA) is 76.3 Å². The molecular formula is C30H30N4O2. The zero-order valence-corrected chi connectivity index (χ0v) is 21.1. The van der Waals surface area contributed by atoms with Crippen LogP contribution in [0.1, 0.15) is 46.5 Å². The number of benzene rings is 3. The van der Waals surface area contributed by atoms with Gasteiger partial charge in [-0.1, -0.05) is 49.4 Å². The molecule has 0 aliphatic rings. The van der Waals surface area contributed by atoms with Crippen molar-refractivity contribution in [2.45, 2.75) is 40.7 Å². The van der Waals surface area contributed by atoms with E-state index in [9.17, 15) is 9.59 Å². The van der Waals surface area contributed by atoms with Crippen LogP contribution in [0.3, 0.4) is 0 Å². The first-order valence-corrected chi connectivity index (χ1v) is 12.0. The fourth-order valence-corrected chi connectivity index (χ4v) is 3.99. The number of hydrogen-bond acceptors (Lipinski definition) is 4. The summed E-state index contributed by atoms with van der Waals surface area (Å²) >= 11 is 0. The molecule has 3 aromatic carbocycles. The van der Waals surface area contributed by atoms with Crippen molar-refractivity contribution in [2.75, 3.05) is 0 Å². The Morgan fingerprint density at radius 2 is 1.72 bits per heavy atom. The minimum absolute atomic E-state index is 0.195. The highest BCUT2D eigenvalue weighted by molar-refractivity contribution is 6.06. The Labute approximate surface area is 211 Å². The standard InChI is InChI=1S/C30H30N4O2/c1-5-23-14-13-20(2)26(18-23)28-15-16-29(35)34(33-28)19-24-10-8-11-25(17-24)30(36)32-22(4)31-27-12-7-6-9-21(27)3/h6-18H,5,19H2,1-4H3,(H,31,32,36). The van der Waals surface area contributed by atoms with E-state index in [-0.39, 0.29) is 18.0 Å². The van der Waals surface area contributed by atoms with Gasteiger partial charge in [0.25, 0.3) is 11.5 Å². The highest BCUT2D eigenvalue weighted by atomic mass is 16.1. The van der Waals surface area contributed by atoms with Gasteiger partial charge in [0.2, 0.25) is 0 Å². The van der Waals surface area contributed by atoms with Gasteiger partial charge in [-0.2, -0.15) is 5.10 Å². The molecule has 0 radical (unpaired) electrons. The monoisotopic (exact) mass is 478 g/mol. The molecule has 182 valence electrons. The fourth-order valence-electron chi connectivity index (χ4n) is 3.99. The predicted molar refractivity (Wildman–Crippen MR) is 145 cm³/mol. The Morgan fingerprint density at radius 1 is 0.917 bits per heavy atom. The zero-order valence-electron chi connectivity index (χ0n) is 21.1. The number of nitrogens with zero attached hydrogens (tertiary/aromatic N) is 3. The molecule has 1 amide bonds. The number of carbonyl (C=O) groups excluding carboxylic acids is 1. The highest BCUT2D eigenvalue weighted by Crippen LogP contribution is 2.22. The lowest BCUT2D eigenvalue weighted by Crippen LogP contribution is -2.28. The first-order chi connectivity index (χ1) is 17.3. The van der Waals surface area contributed by atoms with Crippen LogP contribution >= 0.6 is 0 Å². The van der Waals surface area contributed by atoms with Crippen LogP contribution in [0.25, 0.3) is 11.3 Å². The second kappa shape index (κ2) is 11.0. The summed E-state index contributed by atoms with van der Waals surface area (Å²) in [5.74, 6) is 0.253. The van der Waals surface area contributed by atoms with Crippen LogP contribution in [-0.2, 0) is 13.0 Å². The van der Waals surface area contributed by atoms with Crippen molar-refractivity contribution in [1.82, 2.24) is 15.1 Å². The number of nitrogens with one attached hydrogen (secondary N) is 1. The van der Waals surface area contributed by atoms with E-state index < -0.39 is 0 Å². The molecule has 0 aliphatic heterocycles. The average Bonchev–Trinajstić information content (AvgIpc) is 2.87. The molecule has 1 N–H and O–H groups in total. The van der Waals surface area contributed by atoms with Crippen LogP contribution in [0.2, 0.25) is 0 Å². The van der Waals surface area contributed by atoms with E-state index in [1.807, 2.05) is 50.2 Å². The van der Waals surface area contributed by atoms with Gasteiger partial charge in [-0.3, -0.25) is 9.59 Å². The summed E-state index contributed by atoms with van der Waals surface area (Å²) in [6.45, 7) is 8.15. The molecule has 0 spiro atoms. The molecule has 0 aliphatic carbocycles. The number of rotatable bonds is 6. The van der Waals surface area contributed by atoms with Gasteiger partial charge in [0, 0.05) is 17.2 Å². The molecular weight excluding hydrogens is 448 g/mol. The van der Waals surface area contributed by atoms with Crippen LogP contribution in [0, 0.1) is 13.8 Å². The third kappa shape index (κ3) is 5.84. The van der Waals surface area contributed by atoms with Crippen LogP contribution in [0.15, 0.2) is 88.6 Å². The highest BCUT2D eigenvalue weighted by Gasteiger charge is 2.11. The van der Waals surface area contributed by atoms with Crippen LogP contribution in [0.4, 0.5) is 5.69 Å². The van der Waals surface area contributed by atoms with Gasteiger partial charge in [-0.25, -0.2) is 9.67 Å². The van der Waals surface area contributed by atoms with Gasteiger partial charge in [0.05, 0.1) is 17.9 Å². The summed E-state index contributed by atoms with van der Waals surface area (Å²) in [6.07, 6.45) is 0.927. The summed E-state index contributed by atoms with van der Waals surface area (Å²) in [5, 5.41) is 7.49. The lowest BCUT2D eigenvalue weighted by Gasteiger charge is -2.11. The van der Waals surface area contributed by atoms with Crippen molar-refractivity contribution in [3.8, 4) is 11.3 Å². The Kier molecular flexibility index (Phi) is 7.54. The van der Waals surface area contributed by atoms with E-state index in [1.54, 1.807) is 31.2 Å². The number of aryl methyl sites for hydroxylation is 3. The van der Waals surface area contributed by atoms with Gasteiger partial charge >= 0.3 is 0 Å². The van der Waals surface area contributed by atoms with E-state index in [2.05, 4.69) is 40.5 Å². The molecule has 0 fully saturated rings. The second-order valence-electron chi connectivity index (χ2n) is 8.86. The number of hydrogen-bond donors (Lipinski definition) is 1. The van der Waals surface area contributed by atoms with Crippen molar-refractivity contribution >= 4 is 17.4 Å². The predicted octanol–water partition coefficient (Wildman–Crippen LogP) is 5.62. The fraction of sp³-hybridized carbons (Fsp3) is 0.200. The molecule has 0 unspecified atom stereocenters. The second-order valence-corrected chi connectivity index (χ2v) is 8.86. The molecule has 1 aromatic heterocycles. The molecule has 6 heteroatoms. The van der Waals surface area contributed by atoms with Gasteiger partial charge in [0.15, 0.2) is 0 Å².